The number of nitrogens with zero attached hydrogens (tertiary/aromatic N) is 2. The van der Waals surface area contributed by atoms with Gasteiger partial charge in [-0.3, -0.25) is 14.5 Å². The molecule has 3 heterocycles. The first-order valence-corrected chi connectivity index (χ1v) is 9.52. The number of hydrogen-bond acceptors (Lipinski definition) is 4. The Morgan fingerprint density at radius 2 is 1.96 bits per heavy atom. The number of carboxylic acids is 1. The van der Waals surface area contributed by atoms with Crippen molar-refractivity contribution in [1.29, 1.82) is 0 Å². The fourth-order valence-electron chi connectivity index (χ4n) is 4.90. The highest BCUT2D eigenvalue weighted by Gasteiger charge is 2.59. The van der Waals surface area contributed by atoms with E-state index >= 15 is 0 Å². The zero-order valence-electron chi connectivity index (χ0n) is 15.5. The third-order valence-corrected chi connectivity index (χ3v) is 6.55. The number of fused-ring (bicyclic) bond motifs is 1. The van der Waals surface area contributed by atoms with Crippen molar-refractivity contribution >= 4 is 11.9 Å². The zero-order chi connectivity index (χ0) is 19.2. The molecule has 0 unspecified atom stereocenters. The molecule has 1 N–H and O–H groups in total. The number of ether oxygens (including phenoxy) is 1. The lowest BCUT2D eigenvalue weighted by molar-refractivity contribution is -0.148. The van der Waals surface area contributed by atoms with E-state index in [0.29, 0.717) is 36.8 Å². The second-order valence-electron chi connectivity index (χ2n) is 8.03. The molecular weight excluding hydrogens is 351 g/mol. The number of hydrogen-bond donors (Lipinski definition) is 1. The number of amides is 1. The second kappa shape index (κ2) is 6.87. The lowest BCUT2D eigenvalue weighted by Gasteiger charge is -2.33. The summed E-state index contributed by atoms with van der Waals surface area (Å²) in [4.78, 5) is 29.0. The fraction of sp³-hybridized carbons (Fsp3) is 0.600. The second-order valence-corrected chi connectivity index (χ2v) is 8.03. The van der Waals surface area contributed by atoms with Crippen LogP contribution in [0.5, 0.6) is 0 Å². The number of halogens is 1. The van der Waals surface area contributed by atoms with E-state index in [9.17, 15) is 19.1 Å². The van der Waals surface area contributed by atoms with E-state index in [2.05, 4.69) is 4.90 Å². The summed E-state index contributed by atoms with van der Waals surface area (Å²) in [6.45, 7) is 4.75. The van der Waals surface area contributed by atoms with Crippen LogP contribution in [0.15, 0.2) is 18.2 Å². The van der Waals surface area contributed by atoms with Crippen LogP contribution in [-0.2, 0) is 9.53 Å². The van der Waals surface area contributed by atoms with Crippen LogP contribution in [0.4, 0.5) is 4.39 Å². The van der Waals surface area contributed by atoms with Crippen molar-refractivity contribution in [3.63, 3.8) is 0 Å². The van der Waals surface area contributed by atoms with Crippen molar-refractivity contribution < 1.29 is 23.8 Å². The number of likely N-dealkylation sites (tertiary alicyclic amines) is 2. The Kier molecular flexibility index (Phi) is 4.68. The molecule has 4 rings (SSSR count). The molecular formula is C20H25FN2O4. The topological polar surface area (TPSA) is 70.1 Å². The van der Waals surface area contributed by atoms with Crippen LogP contribution < -0.4 is 0 Å². The van der Waals surface area contributed by atoms with Gasteiger partial charge in [-0.1, -0.05) is 6.07 Å². The molecule has 7 heteroatoms. The SMILES string of the molecule is Cc1c(F)cccc1C(=O)N1C[C@@H]2CN(C3CCOCC3)C[C@]2(C(=O)O)C1. The van der Waals surface area contributed by atoms with Gasteiger partial charge in [-0.25, -0.2) is 4.39 Å². The molecule has 3 aliphatic rings. The zero-order valence-corrected chi connectivity index (χ0v) is 15.5. The van der Waals surface area contributed by atoms with Gasteiger partial charge in [0.1, 0.15) is 11.2 Å². The van der Waals surface area contributed by atoms with Gasteiger partial charge in [0.25, 0.3) is 5.91 Å². The van der Waals surface area contributed by atoms with Crippen molar-refractivity contribution in [2.45, 2.75) is 25.8 Å². The van der Waals surface area contributed by atoms with E-state index in [1.54, 1.807) is 17.9 Å². The van der Waals surface area contributed by atoms with Gasteiger partial charge in [-0.2, -0.15) is 0 Å². The third kappa shape index (κ3) is 3.02. The van der Waals surface area contributed by atoms with Crippen LogP contribution in [0.2, 0.25) is 0 Å². The third-order valence-electron chi connectivity index (χ3n) is 6.55. The Bertz CT molecular complexity index is 764. The molecule has 0 radical (unpaired) electrons. The molecule has 6 nitrogen and oxygen atoms in total. The predicted octanol–water partition coefficient (Wildman–Crippen LogP) is 1.77. The molecule has 3 aliphatic heterocycles. The van der Waals surface area contributed by atoms with Crippen LogP contribution in [0.3, 0.4) is 0 Å². The number of benzene rings is 1. The minimum absolute atomic E-state index is 0.101. The summed E-state index contributed by atoms with van der Waals surface area (Å²) in [7, 11) is 0. The van der Waals surface area contributed by atoms with Crippen LogP contribution in [0.1, 0.15) is 28.8 Å². The maximum Gasteiger partial charge on any atom is 0.313 e. The Morgan fingerprint density at radius 1 is 1.22 bits per heavy atom. The Hall–Kier alpha value is -1.99. The standard InChI is InChI=1S/C20H25FN2O4/c1-13-16(3-2-4-17(13)21)18(24)23-10-14-9-22(15-5-7-27-8-6-15)11-20(14,12-23)19(25)26/h2-4,14-15H,5-12H2,1H3,(H,25,26)/t14-,20-/m0/s1. The van der Waals surface area contributed by atoms with E-state index in [0.717, 1.165) is 26.1 Å². The van der Waals surface area contributed by atoms with Crippen molar-refractivity contribution in [1.82, 2.24) is 9.80 Å². The summed E-state index contributed by atoms with van der Waals surface area (Å²) >= 11 is 0. The molecule has 0 aromatic heterocycles. The summed E-state index contributed by atoms with van der Waals surface area (Å²) in [5, 5.41) is 10.0. The Balaban J connectivity index is 1.54. The number of carbonyl (C=O) groups excluding carboxylic acids is 1. The summed E-state index contributed by atoms with van der Waals surface area (Å²) < 4.78 is 19.3. The molecule has 3 saturated heterocycles. The molecule has 2 atom stereocenters. The first-order chi connectivity index (χ1) is 12.9. The molecule has 0 saturated carbocycles. The Morgan fingerprint density at radius 3 is 2.63 bits per heavy atom. The number of rotatable bonds is 3. The van der Waals surface area contributed by atoms with Crippen molar-refractivity contribution in [2.75, 3.05) is 39.4 Å². The summed E-state index contributed by atoms with van der Waals surface area (Å²) in [5.74, 6) is -1.64. The van der Waals surface area contributed by atoms with Gasteiger partial charge in [0.05, 0.1) is 0 Å². The van der Waals surface area contributed by atoms with Crippen LogP contribution >= 0.6 is 0 Å². The van der Waals surface area contributed by atoms with Gasteiger partial charge < -0.3 is 14.7 Å². The number of carboxylic acid groups (broad SMARTS) is 1. The molecule has 0 aliphatic carbocycles. The van der Waals surface area contributed by atoms with Crippen molar-refractivity contribution in [2.24, 2.45) is 11.3 Å². The lowest BCUT2D eigenvalue weighted by atomic mass is 9.81. The van der Waals surface area contributed by atoms with Gasteiger partial charge in [-0.15, -0.1) is 0 Å². The summed E-state index contributed by atoms with van der Waals surface area (Å²) in [5.41, 5.74) is -0.306. The van der Waals surface area contributed by atoms with Gasteiger partial charge in [-0.05, 0) is 37.5 Å². The van der Waals surface area contributed by atoms with Crippen molar-refractivity contribution in [3.05, 3.63) is 35.1 Å². The maximum atomic E-state index is 13.8. The van der Waals surface area contributed by atoms with E-state index < -0.39 is 17.2 Å². The maximum absolute atomic E-state index is 13.8. The highest BCUT2D eigenvalue weighted by Crippen LogP contribution is 2.44. The minimum atomic E-state index is -0.935. The molecule has 0 spiro atoms. The van der Waals surface area contributed by atoms with Crippen LogP contribution in [-0.4, -0.2) is 72.2 Å². The molecule has 0 bridgehead atoms. The van der Waals surface area contributed by atoms with E-state index in [-0.39, 0.29) is 18.4 Å². The first-order valence-electron chi connectivity index (χ1n) is 9.52. The van der Waals surface area contributed by atoms with Crippen molar-refractivity contribution in [3.8, 4) is 0 Å². The minimum Gasteiger partial charge on any atom is -0.481 e. The lowest BCUT2D eigenvalue weighted by Crippen LogP contribution is -2.45. The van der Waals surface area contributed by atoms with Gasteiger partial charge in [0.15, 0.2) is 0 Å². The molecule has 1 aromatic rings. The quantitative estimate of drug-likeness (QED) is 0.871. The molecule has 27 heavy (non-hydrogen) atoms. The van der Waals surface area contributed by atoms with Gasteiger partial charge >= 0.3 is 5.97 Å². The average molecular weight is 376 g/mol. The first kappa shape index (κ1) is 18.4. The highest BCUT2D eigenvalue weighted by atomic mass is 19.1. The highest BCUT2D eigenvalue weighted by molar-refractivity contribution is 5.96. The molecule has 146 valence electrons. The van der Waals surface area contributed by atoms with Gasteiger partial charge in [0.2, 0.25) is 0 Å². The summed E-state index contributed by atoms with van der Waals surface area (Å²) in [6, 6.07) is 4.81. The smallest absolute Gasteiger partial charge is 0.313 e. The van der Waals surface area contributed by atoms with Crippen LogP contribution in [0.25, 0.3) is 0 Å². The fourth-order valence-corrected chi connectivity index (χ4v) is 4.90. The van der Waals surface area contributed by atoms with E-state index in [4.69, 9.17) is 4.74 Å². The number of aliphatic carboxylic acids is 1. The molecule has 1 aromatic carbocycles. The normalized spacial score (nSPS) is 29.1. The summed E-state index contributed by atoms with van der Waals surface area (Å²) in [6.07, 6.45) is 1.85. The Labute approximate surface area is 157 Å². The van der Waals surface area contributed by atoms with Crippen LogP contribution in [0, 0.1) is 24.1 Å². The monoisotopic (exact) mass is 376 g/mol. The van der Waals surface area contributed by atoms with E-state index in [1.807, 2.05) is 0 Å². The van der Waals surface area contributed by atoms with Gasteiger partial charge in [0, 0.05) is 56.9 Å². The average Bonchev–Trinajstić information content (AvgIpc) is 3.20. The largest absolute Gasteiger partial charge is 0.481 e. The molecule has 1 amide bonds. The van der Waals surface area contributed by atoms with E-state index in [1.165, 1.54) is 12.1 Å². The number of carbonyl (C=O) groups is 2. The predicted molar refractivity (Wildman–Crippen MR) is 96.0 cm³/mol. The molecule has 3 fully saturated rings.